The van der Waals surface area contributed by atoms with E-state index in [2.05, 4.69) is 13.0 Å². The number of allylic oxidation sites excluding steroid dienone is 2. The van der Waals surface area contributed by atoms with Gasteiger partial charge in [-0.3, -0.25) is 9.59 Å². The van der Waals surface area contributed by atoms with E-state index in [9.17, 15) is 14.7 Å². The van der Waals surface area contributed by atoms with Gasteiger partial charge in [0.1, 0.15) is 11.4 Å². The number of carbonyl (C=O) groups excluding carboxylic acids is 2. The van der Waals surface area contributed by atoms with Gasteiger partial charge in [0.05, 0.1) is 5.92 Å². The molecule has 2 saturated carbocycles. The predicted octanol–water partition coefficient (Wildman–Crippen LogP) is 2.98. The van der Waals surface area contributed by atoms with Gasteiger partial charge in [0.2, 0.25) is 0 Å². The number of ketones is 2. The average molecular weight is 300 g/mol. The van der Waals surface area contributed by atoms with Crippen LogP contribution in [0.1, 0.15) is 52.4 Å². The zero-order valence-corrected chi connectivity index (χ0v) is 13.4. The van der Waals surface area contributed by atoms with E-state index in [1.54, 1.807) is 6.08 Å². The summed E-state index contributed by atoms with van der Waals surface area (Å²) >= 11 is 0. The molecular formula is C19H24O3. The fraction of sp³-hybridized carbons (Fsp3) is 0.684. The highest BCUT2D eigenvalue weighted by molar-refractivity contribution is 5.96. The summed E-state index contributed by atoms with van der Waals surface area (Å²) in [7, 11) is 0. The molecule has 0 aromatic heterocycles. The molecule has 5 atom stereocenters. The minimum absolute atomic E-state index is 0.0502. The fourth-order valence-electron chi connectivity index (χ4n) is 5.66. The van der Waals surface area contributed by atoms with Crippen LogP contribution in [0.25, 0.3) is 0 Å². The molecule has 0 saturated heterocycles. The number of Topliss-reactive ketones (excluding diaryl/α,β-unsaturated/α-hetero) is 1. The summed E-state index contributed by atoms with van der Waals surface area (Å²) in [5, 5.41) is 11.6. The van der Waals surface area contributed by atoms with Crippen molar-refractivity contribution in [3.05, 3.63) is 23.8 Å². The van der Waals surface area contributed by atoms with Gasteiger partial charge >= 0.3 is 0 Å². The molecule has 0 radical (unpaired) electrons. The summed E-state index contributed by atoms with van der Waals surface area (Å²) < 4.78 is 0. The highest BCUT2D eigenvalue weighted by Gasteiger charge is 2.64. The summed E-state index contributed by atoms with van der Waals surface area (Å²) in [4.78, 5) is 24.7. The average Bonchev–Trinajstić information content (AvgIpc) is 2.84. The molecule has 0 aromatic rings. The largest absolute Gasteiger partial charge is 0.384 e. The van der Waals surface area contributed by atoms with Crippen LogP contribution in [0.4, 0.5) is 0 Å². The highest BCUT2D eigenvalue weighted by Crippen LogP contribution is 2.63. The van der Waals surface area contributed by atoms with Crippen LogP contribution in [0.3, 0.4) is 0 Å². The lowest BCUT2D eigenvalue weighted by atomic mass is 9.47. The van der Waals surface area contributed by atoms with Gasteiger partial charge in [0.25, 0.3) is 0 Å². The van der Waals surface area contributed by atoms with Gasteiger partial charge in [-0.05, 0) is 36.7 Å². The Bertz CT molecular complexity index is 631. The normalized spacial score (nSPS) is 50.2. The standard InChI is InChI=1S/C19H24O3/c1-17-6-3-4-14(17)16-15(21)11-12-10-13(20)5-7-18(12,2)19(16,22)9-8-17/h8-10,14,16,22H,3-7,11H2,1-2H3/t14-,16+,17-,18-,19+/m0/s1. The van der Waals surface area contributed by atoms with Crippen LogP contribution in [0.5, 0.6) is 0 Å². The minimum atomic E-state index is -1.12. The molecule has 2 fully saturated rings. The van der Waals surface area contributed by atoms with Crippen molar-refractivity contribution >= 4 is 11.6 Å². The maximum absolute atomic E-state index is 12.9. The zero-order valence-electron chi connectivity index (χ0n) is 13.4. The van der Waals surface area contributed by atoms with Gasteiger partial charge in [0, 0.05) is 18.3 Å². The molecule has 0 heterocycles. The first kappa shape index (κ1) is 14.4. The SMILES string of the molecule is C[C@]12CCC(=O)C=C1CC(=O)[C@H]1[C@@H]3CCC[C@@]3(C)C=C[C@@]12O. The van der Waals surface area contributed by atoms with Gasteiger partial charge < -0.3 is 5.11 Å². The van der Waals surface area contributed by atoms with Crippen molar-refractivity contribution < 1.29 is 14.7 Å². The van der Waals surface area contributed by atoms with Crippen LogP contribution < -0.4 is 0 Å². The van der Waals surface area contributed by atoms with Crippen LogP contribution in [0.15, 0.2) is 23.8 Å². The molecule has 0 aromatic carbocycles. The molecule has 3 heteroatoms. The number of hydrogen-bond donors (Lipinski definition) is 1. The third kappa shape index (κ3) is 1.56. The second-order valence-corrected chi connectivity index (χ2v) is 8.25. The molecule has 4 rings (SSSR count). The Morgan fingerprint density at radius 1 is 1.18 bits per heavy atom. The number of aliphatic hydroxyl groups is 1. The molecule has 4 aliphatic carbocycles. The lowest BCUT2D eigenvalue weighted by Gasteiger charge is -2.58. The third-order valence-electron chi connectivity index (χ3n) is 7.18. The molecular weight excluding hydrogens is 276 g/mol. The van der Waals surface area contributed by atoms with Gasteiger partial charge in [0.15, 0.2) is 5.78 Å². The molecule has 1 N–H and O–H groups in total. The Morgan fingerprint density at radius 2 is 1.95 bits per heavy atom. The molecule has 0 unspecified atom stereocenters. The van der Waals surface area contributed by atoms with E-state index in [0.717, 1.165) is 24.8 Å². The maximum Gasteiger partial charge on any atom is 0.155 e. The third-order valence-corrected chi connectivity index (χ3v) is 7.18. The number of hydrogen-bond acceptors (Lipinski definition) is 3. The first-order chi connectivity index (χ1) is 10.3. The van der Waals surface area contributed by atoms with Crippen molar-refractivity contribution in [1.29, 1.82) is 0 Å². The molecule has 0 spiro atoms. The van der Waals surface area contributed by atoms with Crippen LogP contribution in [0, 0.1) is 22.7 Å². The Morgan fingerprint density at radius 3 is 2.73 bits per heavy atom. The Labute approximate surface area is 131 Å². The first-order valence-electron chi connectivity index (χ1n) is 8.50. The summed E-state index contributed by atoms with van der Waals surface area (Å²) in [6.45, 7) is 4.28. The van der Waals surface area contributed by atoms with Crippen molar-refractivity contribution in [1.82, 2.24) is 0 Å². The van der Waals surface area contributed by atoms with E-state index in [-0.39, 0.29) is 28.8 Å². The smallest absolute Gasteiger partial charge is 0.155 e. The number of carbonyl (C=O) groups is 2. The molecule has 0 aliphatic heterocycles. The van der Waals surface area contributed by atoms with Gasteiger partial charge in [-0.25, -0.2) is 0 Å². The molecule has 22 heavy (non-hydrogen) atoms. The van der Waals surface area contributed by atoms with E-state index in [0.29, 0.717) is 19.3 Å². The van der Waals surface area contributed by atoms with E-state index >= 15 is 0 Å². The minimum Gasteiger partial charge on any atom is -0.384 e. The lowest BCUT2D eigenvalue weighted by Crippen LogP contribution is -2.63. The van der Waals surface area contributed by atoms with E-state index in [4.69, 9.17) is 0 Å². The molecule has 3 nitrogen and oxygen atoms in total. The van der Waals surface area contributed by atoms with Crippen LogP contribution in [-0.4, -0.2) is 22.3 Å². The van der Waals surface area contributed by atoms with Crippen LogP contribution >= 0.6 is 0 Å². The Hall–Kier alpha value is -1.22. The maximum atomic E-state index is 12.9. The summed E-state index contributed by atoms with van der Waals surface area (Å²) in [5.74, 6) is 0.155. The Kier molecular flexibility index (Phi) is 2.74. The van der Waals surface area contributed by atoms with Crippen molar-refractivity contribution in [3.8, 4) is 0 Å². The molecule has 0 amide bonds. The fourth-order valence-corrected chi connectivity index (χ4v) is 5.66. The zero-order chi connectivity index (χ0) is 15.8. The highest BCUT2D eigenvalue weighted by atomic mass is 16.3. The van der Waals surface area contributed by atoms with Crippen molar-refractivity contribution in [2.24, 2.45) is 22.7 Å². The number of fused-ring (bicyclic) bond motifs is 5. The van der Waals surface area contributed by atoms with Crippen molar-refractivity contribution in [2.75, 3.05) is 0 Å². The molecule has 0 bridgehead atoms. The Balaban J connectivity index is 1.89. The first-order valence-corrected chi connectivity index (χ1v) is 8.50. The summed E-state index contributed by atoms with van der Waals surface area (Å²) in [6.07, 6.45) is 10.4. The van der Waals surface area contributed by atoms with E-state index in [1.165, 1.54) is 0 Å². The van der Waals surface area contributed by atoms with Gasteiger partial charge in [-0.1, -0.05) is 38.0 Å². The summed E-state index contributed by atoms with van der Waals surface area (Å²) in [6, 6.07) is 0. The van der Waals surface area contributed by atoms with Gasteiger partial charge in [-0.2, -0.15) is 0 Å². The van der Waals surface area contributed by atoms with Crippen LogP contribution in [-0.2, 0) is 9.59 Å². The quantitative estimate of drug-likeness (QED) is 0.700. The van der Waals surface area contributed by atoms with Crippen molar-refractivity contribution in [3.63, 3.8) is 0 Å². The number of rotatable bonds is 0. The lowest BCUT2D eigenvalue weighted by molar-refractivity contribution is -0.157. The topological polar surface area (TPSA) is 54.4 Å². The van der Waals surface area contributed by atoms with E-state index in [1.807, 2.05) is 13.0 Å². The van der Waals surface area contributed by atoms with E-state index < -0.39 is 11.0 Å². The predicted molar refractivity (Wildman–Crippen MR) is 83.1 cm³/mol. The van der Waals surface area contributed by atoms with Crippen LogP contribution in [0.2, 0.25) is 0 Å². The monoisotopic (exact) mass is 300 g/mol. The van der Waals surface area contributed by atoms with Gasteiger partial charge in [-0.15, -0.1) is 0 Å². The summed E-state index contributed by atoms with van der Waals surface area (Å²) in [5.41, 5.74) is -0.698. The second kappa shape index (κ2) is 4.19. The molecule has 118 valence electrons. The second-order valence-electron chi connectivity index (χ2n) is 8.25. The molecule has 4 aliphatic rings. The van der Waals surface area contributed by atoms with Crippen molar-refractivity contribution in [2.45, 2.75) is 58.0 Å².